The largest absolute Gasteiger partial charge is 0.290 e. The first-order valence-corrected chi connectivity index (χ1v) is 4.30. The van der Waals surface area contributed by atoms with E-state index in [1.165, 1.54) is 0 Å². The van der Waals surface area contributed by atoms with Crippen LogP contribution in [-0.4, -0.2) is 11.9 Å². The van der Waals surface area contributed by atoms with Crippen molar-refractivity contribution in [3.8, 4) is 0 Å². The van der Waals surface area contributed by atoms with Gasteiger partial charge in [0.25, 0.3) is 5.91 Å². The van der Waals surface area contributed by atoms with Crippen molar-refractivity contribution < 1.29 is 9.50 Å². The van der Waals surface area contributed by atoms with E-state index in [1.807, 2.05) is 19.1 Å². The van der Waals surface area contributed by atoms with Crippen LogP contribution in [0.15, 0.2) is 28.6 Å². The molecule has 0 bridgehead atoms. The molecular weight excluding hydrogens is 217 g/mol. The maximum absolute atomic E-state index is 11.5. The molecular formula is C9H10FN3OS. The summed E-state index contributed by atoms with van der Waals surface area (Å²) in [7, 11) is 0. The van der Waals surface area contributed by atoms with Gasteiger partial charge in [0.05, 0.1) is 0 Å². The molecule has 1 aromatic carbocycles. The van der Waals surface area contributed by atoms with Gasteiger partial charge in [-0.25, -0.2) is 0 Å². The van der Waals surface area contributed by atoms with E-state index in [0.29, 0.717) is 5.56 Å². The third kappa shape index (κ3) is 3.51. The van der Waals surface area contributed by atoms with E-state index < -0.39 is 0 Å². The molecule has 0 fully saturated rings. The molecule has 15 heavy (non-hydrogen) atoms. The predicted molar refractivity (Wildman–Crippen MR) is 58.7 cm³/mol. The molecule has 1 amide bonds. The van der Waals surface area contributed by atoms with Gasteiger partial charge in [-0.05, 0) is 18.6 Å². The Labute approximate surface area is 91.7 Å². The number of nitrogens with zero attached hydrogens (tertiary/aromatic N) is 1. The summed E-state index contributed by atoms with van der Waals surface area (Å²) < 4.78 is 3.12. The zero-order valence-electron chi connectivity index (χ0n) is 7.98. The maximum Gasteiger partial charge on any atom is 0.258 e. The van der Waals surface area contributed by atoms with Crippen LogP contribution in [0.3, 0.4) is 0 Å². The van der Waals surface area contributed by atoms with E-state index in [-0.39, 0.29) is 16.6 Å². The van der Waals surface area contributed by atoms with Gasteiger partial charge < -0.3 is 0 Å². The minimum absolute atomic E-state index is 0. The molecule has 0 aliphatic carbocycles. The Morgan fingerprint density at radius 3 is 2.60 bits per heavy atom. The summed E-state index contributed by atoms with van der Waals surface area (Å²) in [4.78, 5) is 11.5. The third-order valence-corrected chi connectivity index (χ3v) is 1.90. The second kappa shape index (κ2) is 5.92. The Morgan fingerprint density at radius 2 is 2.07 bits per heavy atom. The number of benzene rings is 1. The van der Waals surface area contributed by atoms with Gasteiger partial charge in [-0.2, -0.15) is 0 Å². The van der Waals surface area contributed by atoms with Crippen molar-refractivity contribution in [2.24, 2.45) is 4.36 Å². The molecule has 0 aliphatic rings. The number of aryl methyl sites for hydroxylation is 1. The zero-order chi connectivity index (χ0) is 10.6. The van der Waals surface area contributed by atoms with Gasteiger partial charge in [0.1, 0.15) is 0 Å². The summed E-state index contributed by atoms with van der Waals surface area (Å²) in [5, 5.41) is 9.35. The molecule has 0 atom stereocenters. The van der Waals surface area contributed by atoms with Crippen LogP contribution in [0.25, 0.3) is 0 Å². The molecule has 6 heteroatoms. The Morgan fingerprint density at radius 1 is 1.47 bits per heavy atom. The van der Waals surface area contributed by atoms with Crippen molar-refractivity contribution in [3.05, 3.63) is 35.4 Å². The number of amides is 1. The second-order valence-corrected chi connectivity index (χ2v) is 2.89. The van der Waals surface area contributed by atoms with E-state index >= 15 is 0 Å². The first-order chi connectivity index (χ1) is 6.65. The fourth-order valence-corrected chi connectivity index (χ4v) is 1.07. The molecule has 0 radical (unpaired) electrons. The first-order valence-electron chi connectivity index (χ1n) is 3.94. The summed E-state index contributed by atoms with van der Waals surface area (Å²) in [6.07, 6.45) is 0. The first kappa shape index (κ1) is 13.3. The quantitative estimate of drug-likeness (QED) is 0.564. The average Bonchev–Trinajstić information content (AvgIpc) is 2.18. The lowest BCUT2D eigenvalue weighted by Crippen LogP contribution is -2.28. The van der Waals surface area contributed by atoms with Crippen LogP contribution in [-0.2, 0) is 12.4 Å². The fourth-order valence-electron chi connectivity index (χ4n) is 1.03. The number of rotatable bonds is 1. The highest BCUT2D eigenvalue weighted by atomic mass is 32.1. The number of hydrogen-bond donors (Lipinski definition) is 2. The van der Waals surface area contributed by atoms with Crippen LogP contribution in [0.5, 0.6) is 0 Å². The Bertz CT molecular complexity index is 395. The van der Waals surface area contributed by atoms with Crippen molar-refractivity contribution in [3.63, 3.8) is 0 Å². The molecule has 2 N–H and O–H groups in total. The van der Waals surface area contributed by atoms with E-state index in [2.05, 4.69) is 22.1 Å². The van der Waals surface area contributed by atoms with E-state index in [9.17, 15) is 4.79 Å². The molecule has 1 aromatic rings. The molecule has 4 nitrogen and oxygen atoms in total. The summed E-state index contributed by atoms with van der Waals surface area (Å²) in [6, 6.07) is 7.11. The maximum atomic E-state index is 11.5. The summed E-state index contributed by atoms with van der Waals surface area (Å²) in [5.41, 5.74) is 1.37. The van der Waals surface area contributed by atoms with Gasteiger partial charge in [-0.15, -0.1) is 4.36 Å². The van der Waals surface area contributed by atoms with E-state index in [4.69, 9.17) is 5.41 Å². The van der Waals surface area contributed by atoms with Crippen molar-refractivity contribution in [1.82, 2.24) is 5.32 Å². The van der Waals surface area contributed by atoms with Gasteiger partial charge in [-0.3, -0.25) is 20.2 Å². The molecule has 1 rings (SSSR count). The average molecular weight is 227 g/mol. The summed E-state index contributed by atoms with van der Waals surface area (Å²) >= 11 is 4.26. The van der Waals surface area contributed by atoms with Crippen molar-refractivity contribution in [2.75, 3.05) is 0 Å². The van der Waals surface area contributed by atoms with E-state index in [1.54, 1.807) is 12.1 Å². The smallest absolute Gasteiger partial charge is 0.258 e. The van der Waals surface area contributed by atoms with Crippen LogP contribution < -0.4 is 5.32 Å². The third-order valence-electron chi connectivity index (χ3n) is 1.71. The number of nitrogens with one attached hydrogen (secondary N) is 2. The monoisotopic (exact) mass is 227 g/mol. The van der Waals surface area contributed by atoms with Crippen LogP contribution >= 0.6 is 0 Å². The minimum atomic E-state index is -0.360. The Kier molecular flexibility index (Phi) is 5.25. The molecule has 0 saturated carbocycles. The molecule has 0 aromatic heterocycles. The lowest BCUT2D eigenvalue weighted by molar-refractivity contribution is 0.0976. The van der Waals surface area contributed by atoms with Crippen molar-refractivity contribution in [2.45, 2.75) is 6.92 Å². The van der Waals surface area contributed by atoms with Gasteiger partial charge in [0, 0.05) is 18.0 Å². The van der Waals surface area contributed by atoms with Crippen LogP contribution in [0.1, 0.15) is 15.9 Å². The topological polar surface area (TPSA) is 65.3 Å². The highest BCUT2D eigenvalue weighted by Crippen LogP contribution is 2.06. The van der Waals surface area contributed by atoms with Gasteiger partial charge >= 0.3 is 0 Å². The van der Waals surface area contributed by atoms with Crippen molar-refractivity contribution >= 4 is 24.3 Å². The van der Waals surface area contributed by atoms with E-state index in [0.717, 1.165) is 5.56 Å². The fraction of sp³-hybridized carbons (Fsp3) is 0.111. The molecule has 0 spiro atoms. The van der Waals surface area contributed by atoms with Crippen LogP contribution in [0, 0.1) is 12.3 Å². The minimum Gasteiger partial charge on any atom is -0.290 e. The Hall–Kier alpha value is -1.69. The number of carbonyl (C=O) groups excluding carboxylic acids is 1. The molecule has 80 valence electrons. The highest BCUT2D eigenvalue weighted by Gasteiger charge is 2.08. The Balaban J connectivity index is 0.00000196. The van der Waals surface area contributed by atoms with Crippen LogP contribution in [0.2, 0.25) is 0 Å². The lowest BCUT2D eigenvalue weighted by atomic mass is 10.1. The standard InChI is InChI=1S/C9H9N3OS.FH/c1-6-4-2-3-5-7(6)8(13)11-9(10)12-14;/h2-5H,1H3,(H2,10,11,13);1H. The predicted octanol–water partition coefficient (Wildman–Crippen LogP) is 1.54. The number of halogens is 1. The molecule has 0 unspecified atom stereocenters. The SMILES string of the molecule is Cc1ccccc1C(=O)NC(=N)N=S.F. The number of hydrogen-bond acceptors (Lipinski definition) is 3. The molecule has 0 aliphatic heterocycles. The zero-order valence-corrected chi connectivity index (χ0v) is 8.80. The van der Waals surface area contributed by atoms with Gasteiger partial charge in [-0.1, -0.05) is 18.2 Å². The number of carbonyl (C=O) groups is 1. The lowest BCUT2D eigenvalue weighted by Gasteiger charge is -2.04. The second-order valence-electron chi connectivity index (χ2n) is 2.71. The number of guanidine groups is 1. The normalized spacial score (nSPS) is 8.60. The molecule has 0 saturated heterocycles. The molecule has 0 heterocycles. The van der Waals surface area contributed by atoms with Crippen LogP contribution in [0.4, 0.5) is 4.70 Å². The highest BCUT2D eigenvalue weighted by molar-refractivity contribution is 7.47. The van der Waals surface area contributed by atoms with Crippen molar-refractivity contribution in [1.29, 1.82) is 5.41 Å². The van der Waals surface area contributed by atoms with Gasteiger partial charge in [0.15, 0.2) is 0 Å². The summed E-state index contributed by atoms with van der Waals surface area (Å²) in [6.45, 7) is 1.82. The van der Waals surface area contributed by atoms with Gasteiger partial charge in [0.2, 0.25) is 5.96 Å². The summed E-state index contributed by atoms with van der Waals surface area (Å²) in [5.74, 6) is -0.671.